The number of hydrogen-bond donors (Lipinski definition) is 0. The Morgan fingerprint density at radius 3 is 2.94 bits per heavy atom. The molecule has 3 rings (SSSR count). The van der Waals surface area contributed by atoms with E-state index in [2.05, 4.69) is 15.3 Å². The number of thioether (sulfide) groups is 1. The first kappa shape index (κ1) is 9.80. The summed E-state index contributed by atoms with van der Waals surface area (Å²) in [5.74, 6) is 0.806. The van der Waals surface area contributed by atoms with Crippen molar-refractivity contribution in [1.82, 2.24) is 19.8 Å². The van der Waals surface area contributed by atoms with Gasteiger partial charge in [0.1, 0.15) is 5.03 Å². The van der Waals surface area contributed by atoms with Crippen LogP contribution in [-0.4, -0.2) is 26.1 Å². The number of thiophene rings is 1. The zero-order valence-corrected chi connectivity index (χ0v) is 10.1. The largest absolute Gasteiger partial charge is 0.195 e. The monoisotopic (exact) mass is 248 g/mol. The summed E-state index contributed by atoms with van der Waals surface area (Å²) < 4.78 is 1.79. The normalized spacial score (nSPS) is 11.1. The quantitative estimate of drug-likeness (QED) is 0.654. The van der Waals surface area contributed by atoms with Crippen LogP contribution in [0.2, 0.25) is 0 Å². The highest BCUT2D eigenvalue weighted by Gasteiger charge is 2.10. The third kappa shape index (κ3) is 1.50. The zero-order valence-electron chi connectivity index (χ0n) is 8.49. The fourth-order valence-corrected chi connectivity index (χ4v) is 2.50. The fourth-order valence-electron chi connectivity index (χ4n) is 1.44. The van der Waals surface area contributed by atoms with Crippen molar-refractivity contribution >= 4 is 28.7 Å². The average Bonchev–Trinajstić information content (AvgIpc) is 2.96. The molecule has 3 aromatic heterocycles. The number of nitrogens with zero attached hydrogens (tertiary/aromatic N) is 4. The topological polar surface area (TPSA) is 43.1 Å². The Balaban J connectivity index is 2.25. The van der Waals surface area contributed by atoms with E-state index in [0.717, 1.165) is 21.4 Å². The third-order valence-electron chi connectivity index (χ3n) is 2.19. The van der Waals surface area contributed by atoms with Gasteiger partial charge in [0.2, 0.25) is 0 Å². The molecule has 0 amide bonds. The predicted molar refractivity (Wildman–Crippen MR) is 65.9 cm³/mol. The molecular weight excluding hydrogens is 240 g/mol. The maximum absolute atomic E-state index is 4.47. The van der Waals surface area contributed by atoms with Crippen LogP contribution < -0.4 is 0 Å². The molecule has 0 atom stereocenters. The molecular formula is C10H8N4S2. The van der Waals surface area contributed by atoms with E-state index in [1.807, 2.05) is 35.9 Å². The summed E-state index contributed by atoms with van der Waals surface area (Å²) in [6.07, 6.45) is 2.00. The Bertz CT molecular complexity index is 615. The summed E-state index contributed by atoms with van der Waals surface area (Å²) in [4.78, 5) is 1.08. The van der Waals surface area contributed by atoms with Crippen molar-refractivity contribution in [1.29, 1.82) is 0 Å². The van der Waals surface area contributed by atoms with E-state index in [9.17, 15) is 0 Å². The van der Waals surface area contributed by atoms with E-state index in [1.165, 1.54) is 0 Å². The van der Waals surface area contributed by atoms with Gasteiger partial charge in [-0.15, -0.1) is 33.3 Å². The van der Waals surface area contributed by atoms with E-state index in [1.54, 1.807) is 27.6 Å². The lowest BCUT2D eigenvalue weighted by Gasteiger charge is -1.98. The summed E-state index contributed by atoms with van der Waals surface area (Å²) in [6, 6.07) is 7.91. The summed E-state index contributed by atoms with van der Waals surface area (Å²) in [7, 11) is 0. The van der Waals surface area contributed by atoms with Gasteiger partial charge in [-0.2, -0.15) is 9.61 Å². The predicted octanol–water partition coefficient (Wildman–Crippen LogP) is 2.57. The standard InChI is InChI=1S/C10H8N4S2/c1-15-9-5-4-8-11-12-10(14(8)13-9)7-3-2-6-16-7/h2-6H,1H3. The molecule has 0 aromatic carbocycles. The van der Waals surface area contributed by atoms with Gasteiger partial charge in [-0.3, -0.25) is 0 Å². The molecule has 0 fully saturated rings. The minimum Gasteiger partial charge on any atom is -0.191 e. The first-order valence-electron chi connectivity index (χ1n) is 4.69. The molecule has 0 aliphatic carbocycles. The van der Waals surface area contributed by atoms with Gasteiger partial charge in [0.15, 0.2) is 11.5 Å². The molecule has 0 bridgehead atoms. The second-order valence-electron chi connectivity index (χ2n) is 3.15. The Labute approximate surface area is 100 Å². The molecule has 80 valence electrons. The molecule has 0 aliphatic rings. The number of aromatic nitrogens is 4. The van der Waals surface area contributed by atoms with E-state index in [4.69, 9.17) is 0 Å². The molecule has 0 N–H and O–H groups in total. The molecule has 0 aliphatic heterocycles. The maximum Gasteiger partial charge on any atom is 0.195 e. The van der Waals surface area contributed by atoms with Crippen LogP contribution in [0.3, 0.4) is 0 Å². The van der Waals surface area contributed by atoms with Crippen LogP contribution in [0.15, 0.2) is 34.7 Å². The van der Waals surface area contributed by atoms with Gasteiger partial charge in [0, 0.05) is 0 Å². The summed E-state index contributed by atoms with van der Waals surface area (Å²) in [5.41, 5.74) is 0.779. The minimum atomic E-state index is 0.779. The lowest BCUT2D eigenvalue weighted by atomic mass is 10.4. The van der Waals surface area contributed by atoms with Gasteiger partial charge in [-0.05, 0) is 29.8 Å². The highest BCUT2D eigenvalue weighted by Crippen LogP contribution is 2.23. The van der Waals surface area contributed by atoms with Crippen LogP contribution >= 0.6 is 23.1 Å². The third-order valence-corrected chi connectivity index (χ3v) is 3.69. The average molecular weight is 248 g/mol. The molecule has 0 unspecified atom stereocenters. The molecule has 0 saturated heterocycles. The Kier molecular flexibility index (Phi) is 2.37. The van der Waals surface area contributed by atoms with Gasteiger partial charge < -0.3 is 0 Å². The highest BCUT2D eigenvalue weighted by molar-refractivity contribution is 7.98. The second kappa shape index (κ2) is 3.88. The van der Waals surface area contributed by atoms with Crippen LogP contribution in [0, 0.1) is 0 Å². The molecule has 4 nitrogen and oxygen atoms in total. The van der Waals surface area contributed by atoms with Crippen molar-refractivity contribution in [3.05, 3.63) is 29.6 Å². The summed E-state index contributed by atoms with van der Waals surface area (Å²) in [5, 5.41) is 15.7. The van der Waals surface area contributed by atoms with E-state index < -0.39 is 0 Å². The Morgan fingerprint density at radius 2 is 2.19 bits per heavy atom. The molecule has 0 spiro atoms. The molecule has 0 saturated carbocycles. The van der Waals surface area contributed by atoms with Crippen molar-refractivity contribution in [2.24, 2.45) is 0 Å². The number of hydrogen-bond acceptors (Lipinski definition) is 5. The van der Waals surface area contributed by atoms with Crippen molar-refractivity contribution in [3.8, 4) is 10.7 Å². The number of fused-ring (bicyclic) bond motifs is 1. The lowest BCUT2D eigenvalue weighted by Crippen LogP contribution is -1.94. The van der Waals surface area contributed by atoms with Crippen LogP contribution in [-0.2, 0) is 0 Å². The van der Waals surface area contributed by atoms with Crippen LogP contribution in [0.4, 0.5) is 0 Å². The minimum absolute atomic E-state index is 0.779. The van der Waals surface area contributed by atoms with Crippen molar-refractivity contribution in [3.63, 3.8) is 0 Å². The van der Waals surface area contributed by atoms with E-state index in [-0.39, 0.29) is 0 Å². The summed E-state index contributed by atoms with van der Waals surface area (Å²) >= 11 is 3.25. The lowest BCUT2D eigenvalue weighted by molar-refractivity contribution is 0.863. The molecule has 16 heavy (non-hydrogen) atoms. The van der Waals surface area contributed by atoms with Gasteiger partial charge >= 0.3 is 0 Å². The van der Waals surface area contributed by atoms with Crippen molar-refractivity contribution in [2.45, 2.75) is 5.03 Å². The van der Waals surface area contributed by atoms with Gasteiger partial charge in [-0.25, -0.2) is 0 Å². The fraction of sp³-hybridized carbons (Fsp3) is 0.100. The summed E-state index contributed by atoms with van der Waals surface area (Å²) in [6.45, 7) is 0. The van der Waals surface area contributed by atoms with Crippen molar-refractivity contribution < 1.29 is 0 Å². The van der Waals surface area contributed by atoms with Crippen molar-refractivity contribution in [2.75, 3.05) is 6.26 Å². The van der Waals surface area contributed by atoms with E-state index >= 15 is 0 Å². The zero-order chi connectivity index (χ0) is 11.0. The second-order valence-corrected chi connectivity index (χ2v) is 4.92. The maximum atomic E-state index is 4.47. The van der Waals surface area contributed by atoms with Gasteiger partial charge in [0.25, 0.3) is 0 Å². The van der Waals surface area contributed by atoms with Crippen LogP contribution in [0.5, 0.6) is 0 Å². The highest BCUT2D eigenvalue weighted by atomic mass is 32.2. The molecule has 6 heteroatoms. The first-order valence-corrected chi connectivity index (χ1v) is 6.79. The van der Waals surface area contributed by atoms with Crippen LogP contribution in [0.1, 0.15) is 0 Å². The van der Waals surface area contributed by atoms with Crippen LogP contribution in [0.25, 0.3) is 16.3 Å². The molecule has 3 aromatic rings. The SMILES string of the molecule is CSc1ccc2nnc(-c3cccs3)n2n1. The van der Waals surface area contributed by atoms with Gasteiger partial charge in [0.05, 0.1) is 4.88 Å². The number of rotatable bonds is 2. The first-order chi connectivity index (χ1) is 7.88. The van der Waals surface area contributed by atoms with E-state index in [0.29, 0.717) is 0 Å². The Hall–Kier alpha value is -1.40. The Morgan fingerprint density at radius 1 is 1.25 bits per heavy atom. The molecule has 3 heterocycles. The van der Waals surface area contributed by atoms with Gasteiger partial charge in [-0.1, -0.05) is 6.07 Å². The smallest absolute Gasteiger partial charge is 0.191 e. The molecule has 0 radical (unpaired) electrons.